The molecule has 2 rings (SSSR count). The standard InChI is InChI=1S/C23H33N3O5/c1-17(2)16-31-23(29)26-13-5-12-25(14-15-26)22(28)18(3)24-21(27)11-8-19-6-9-20(30-4)10-7-19/h6-11,17-18H,5,12-16H2,1-4H3,(H,24,27)/b11-8+. The van der Waals surface area contributed by atoms with Crippen molar-refractivity contribution in [3.05, 3.63) is 35.9 Å². The number of carbonyl (C=O) groups excluding carboxylic acids is 3. The molecule has 1 unspecified atom stereocenters. The SMILES string of the molecule is COc1ccc(/C=C/C(=O)NC(C)C(=O)N2CCCN(C(=O)OCC(C)C)CC2)cc1. The lowest BCUT2D eigenvalue weighted by atomic mass is 10.2. The predicted octanol–water partition coefficient (Wildman–Crippen LogP) is 2.54. The van der Waals surface area contributed by atoms with Gasteiger partial charge in [0.2, 0.25) is 11.8 Å². The molecule has 8 nitrogen and oxygen atoms in total. The van der Waals surface area contributed by atoms with Crippen molar-refractivity contribution in [3.63, 3.8) is 0 Å². The second-order valence-electron chi connectivity index (χ2n) is 7.97. The molecule has 1 heterocycles. The Balaban J connectivity index is 1.82. The molecule has 0 saturated carbocycles. The van der Waals surface area contributed by atoms with Crippen molar-refractivity contribution in [3.8, 4) is 5.75 Å². The molecule has 0 aliphatic carbocycles. The van der Waals surface area contributed by atoms with E-state index >= 15 is 0 Å². The molecular weight excluding hydrogens is 398 g/mol. The minimum Gasteiger partial charge on any atom is -0.497 e. The summed E-state index contributed by atoms with van der Waals surface area (Å²) < 4.78 is 10.4. The van der Waals surface area contributed by atoms with Gasteiger partial charge in [0.25, 0.3) is 0 Å². The van der Waals surface area contributed by atoms with Gasteiger partial charge in [-0.2, -0.15) is 0 Å². The molecule has 3 amide bonds. The molecule has 1 saturated heterocycles. The van der Waals surface area contributed by atoms with E-state index in [0.717, 1.165) is 11.3 Å². The van der Waals surface area contributed by atoms with Crippen molar-refractivity contribution >= 4 is 24.0 Å². The molecule has 0 spiro atoms. The van der Waals surface area contributed by atoms with Gasteiger partial charge in [-0.1, -0.05) is 26.0 Å². The van der Waals surface area contributed by atoms with Crippen LogP contribution in [0.3, 0.4) is 0 Å². The van der Waals surface area contributed by atoms with Gasteiger partial charge in [0.15, 0.2) is 0 Å². The summed E-state index contributed by atoms with van der Waals surface area (Å²) in [6.45, 7) is 7.93. The van der Waals surface area contributed by atoms with Crippen molar-refractivity contribution in [2.75, 3.05) is 39.9 Å². The number of hydrogen-bond donors (Lipinski definition) is 1. The van der Waals surface area contributed by atoms with Crippen LogP contribution in [0.2, 0.25) is 0 Å². The Morgan fingerprint density at radius 1 is 1.03 bits per heavy atom. The summed E-state index contributed by atoms with van der Waals surface area (Å²) in [5.41, 5.74) is 0.854. The number of amides is 3. The van der Waals surface area contributed by atoms with E-state index in [4.69, 9.17) is 9.47 Å². The molecule has 0 aromatic heterocycles. The fourth-order valence-corrected chi connectivity index (χ4v) is 3.13. The molecule has 1 aromatic rings. The van der Waals surface area contributed by atoms with Gasteiger partial charge in [-0.15, -0.1) is 0 Å². The first-order valence-corrected chi connectivity index (χ1v) is 10.6. The summed E-state index contributed by atoms with van der Waals surface area (Å²) >= 11 is 0. The summed E-state index contributed by atoms with van der Waals surface area (Å²) in [4.78, 5) is 40.5. The highest BCUT2D eigenvalue weighted by atomic mass is 16.6. The smallest absolute Gasteiger partial charge is 0.409 e. The van der Waals surface area contributed by atoms with Crippen LogP contribution < -0.4 is 10.1 Å². The monoisotopic (exact) mass is 431 g/mol. The fraction of sp³-hybridized carbons (Fsp3) is 0.522. The molecule has 8 heteroatoms. The van der Waals surface area contributed by atoms with Crippen LogP contribution in [-0.2, 0) is 14.3 Å². The van der Waals surface area contributed by atoms with Gasteiger partial charge in [0.05, 0.1) is 13.7 Å². The van der Waals surface area contributed by atoms with Crippen LogP contribution >= 0.6 is 0 Å². The Hall–Kier alpha value is -3.03. The van der Waals surface area contributed by atoms with Gasteiger partial charge in [0.1, 0.15) is 11.8 Å². The van der Waals surface area contributed by atoms with Crippen LogP contribution in [0, 0.1) is 5.92 Å². The van der Waals surface area contributed by atoms with Gasteiger partial charge in [-0.3, -0.25) is 9.59 Å². The van der Waals surface area contributed by atoms with E-state index < -0.39 is 6.04 Å². The Kier molecular flexibility index (Phi) is 9.37. The second-order valence-corrected chi connectivity index (χ2v) is 7.97. The lowest BCUT2D eigenvalue weighted by molar-refractivity contribution is -0.135. The first-order valence-electron chi connectivity index (χ1n) is 10.6. The molecule has 1 fully saturated rings. The van der Waals surface area contributed by atoms with Crippen LogP contribution in [-0.4, -0.2) is 73.6 Å². The summed E-state index contributed by atoms with van der Waals surface area (Å²) in [5.74, 6) is 0.510. The summed E-state index contributed by atoms with van der Waals surface area (Å²) in [6, 6.07) is 6.64. The third-order valence-electron chi connectivity index (χ3n) is 4.88. The van der Waals surface area contributed by atoms with E-state index in [0.29, 0.717) is 39.2 Å². The number of nitrogens with one attached hydrogen (secondary N) is 1. The summed E-state index contributed by atoms with van der Waals surface area (Å²) in [7, 11) is 1.59. The molecule has 31 heavy (non-hydrogen) atoms. The van der Waals surface area contributed by atoms with Gasteiger partial charge in [-0.25, -0.2) is 4.79 Å². The number of nitrogens with zero attached hydrogens (tertiary/aromatic N) is 2. The first-order chi connectivity index (χ1) is 14.8. The highest BCUT2D eigenvalue weighted by Gasteiger charge is 2.26. The zero-order valence-electron chi connectivity index (χ0n) is 18.8. The Morgan fingerprint density at radius 3 is 2.32 bits per heavy atom. The van der Waals surface area contributed by atoms with Gasteiger partial charge >= 0.3 is 6.09 Å². The topological polar surface area (TPSA) is 88.2 Å². The molecule has 1 aromatic carbocycles. The van der Waals surface area contributed by atoms with E-state index in [1.165, 1.54) is 6.08 Å². The zero-order valence-corrected chi connectivity index (χ0v) is 18.8. The maximum absolute atomic E-state index is 12.8. The number of benzene rings is 1. The zero-order chi connectivity index (χ0) is 22.8. The maximum atomic E-state index is 12.8. The lowest BCUT2D eigenvalue weighted by Gasteiger charge is -2.25. The van der Waals surface area contributed by atoms with E-state index in [-0.39, 0.29) is 23.8 Å². The number of ether oxygens (including phenoxy) is 2. The average Bonchev–Trinajstić information content (AvgIpc) is 3.02. The molecule has 0 bridgehead atoms. The Bertz CT molecular complexity index is 776. The minimum atomic E-state index is -0.660. The number of rotatable bonds is 7. The Labute approximate surface area is 184 Å². The fourth-order valence-electron chi connectivity index (χ4n) is 3.13. The number of carbonyl (C=O) groups is 3. The third-order valence-corrected chi connectivity index (χ3v) is 4.88. The molecule has 1 aliphatic heterocycles. The molecule has 1 N–H and O–H groups in total. The van der Waals surface area contributed by atoms with E-state index in [2.05, 4.69) is 5.32 Å². The Morgan fingerprint density at radius 2 is 1.68 bits per heavy atom. The largest absolute Gasteiger partial charge is 0.497 e. The molecule has 0 radical (unpaired) electrons. The summed E-state index contributed by atoms with van der Waals surface area (Å²) in [5, 5.41) is 2.71. The highest BCUT2D eigenvalue weighted by molar-refractivity contribution is 5.95. The van der Waals surface area contributed by atoms with E-state index in [1.54, 1.807) is 29.9 Å². The van der Waals surface area contributed by atoms with Crippen molar-refractivity contribution < 1.29 is 23.9 Å². The van der Waals surface area contributed by atoms with Crippen LogP contribution in [0.5, 0.6) is 5.75 Å². The number of methoxy groups -OCH3 is 1. The molecular formula is C23H33N3O5. The van der Waals surface area contributed by atoms with Crippen molar-refractivity contribution in [2.24, 2.45) is 5.92 Å². The quantitative estimate of drug-likeness (QED) is 0.671. The minimum absolute atomic E-state index is 0.163. The van der Waals surface area contributed by atoms with Gasteiger partial charge < -0.3 is 24.6 Å². The summed E-state index contributed by atoms with van der Waals surface area (Å²) in [6.07, 6.45) is 3.41. The van der Waals surface area contributed by atoms with Crippen LogP contribution in [0.4, 0.5) is 4.79 Å². The highest BCUT2D eigenvalue weighted by Crippen LogP contribution is 2.12. The normalized spacial score (nSPS) is 15.5. The lowest BCUT2D eigenvalue weighted by Crippen LogP contribution is -2.47. The van der Waals surface area contributed by atoms with Crippen molar-refractivity contribution in [1.82, 2.24) is 15.1 Å². The maximum Gasteiger partial charge on any atom is 0.409 e. The van der Waals surface area contributed by atoms with Crippen LogP contribution in [0.15, 0.2) is 30.3 Å². The molecule has 170 valence electrons. The van der Waals surface area contributed by atoms with Crippen molar-refractivity contribution in [2.45, 2.75) is 33.2 Å². The van der Waals surface area contributed by atoms with Crippen molar-refractivity contribution in [1.29, 1.82) is 0 Å². The van der Waals surface area contributed by atoms with E-state index in [1.807, 2.05) is 38.1 Å². The number of hydrogen-bond acceptors (Lipinski definition) is 5. The van der Waals surface area contributed by atoms with Gasteiger partial charge in [0, 0.05) is 32.3 Å². The third kappa shape index (κ3) is 7.96. The van der Waals surface area contributed by atoms with Crippen LogP contribution in [0.25, 0.3) is 6.08 Å². The molecule has 1 atom stereocenters. The second kappa shape index (κ2) is 12.0. The molecule has 1 aliphatic rings. The van der Waals surface area contributed by atoms with Gasteiger partial charge in [-0.05, 0) is 43.0 Å². The van der Waals surface area contributed by atoms with E-state index in [9.17, 15) is 14.4 Å². The van der Waals surface area contributed by atoms with Crippen LogP contribution in [0.1, 0.15) is 32.8 Å². The first kappa shape index (κ1) is 24.2. The predicted molar refractivity (Wildman–Crippen MR) is 119 cm³/mol. The average molecular weight is 432 g/mol.